The molecule has 0 bridgehead atoms. The Morgan fingerprint density at radius 3 is 1.89 bits per heavy atom. The number of thiocarbonyl (C=S) groups is 1. The molecule has 0 unspecified atom stereocenters. The topological polar surface area (TPSA) is 44.1 Å². The maximum Gasteiger partial charge on any atom is 0.339 e. The highest BCUT2D eigenvalue weighted by molar-refractivity contribution is 14.1. The lowest BCUT2D eigenvalue weighted by Crippen LogP contribution is -2.38. The first-order chi connectivity index (χ1) is 17.6. The fraction of sp³-hybridized carbons (Fsp3) is 0.100. The third kappa shape index (κ3) is 4.24. The molecule has 0 aliphatic heterocycles. The first kappa shape index (κ1) is 24.3. The van der Waals surface area contributed by atoms with Gasteiger partial charge in [-0.05, 0) is 45.4 Å². The van der Waals surface area contributed by atoms with E-state index in [4.69, 9.17) is 22.1 Å². The lowest BCUT2D eigenvalue weighted by Gasteiger charge is -2.36. The van der Waals surface area contributed by atoms with Gasteiger partial charge in [0.15, 0.2) is 0 Å². The van der Waals surface area contributed by atoms with Gasteiger partial charge in [-0.3, -0.25) is 4.68 Å². The van der Waals surface area contributed by atoms with Crippen molar-refractivity contribution in [2.45, 2.75) is 12.0 Å². The van der Waals surface area contributed by atoms with Crippen LogP contribution in [0.3, 0.4) is 0 Å². The van der Waals surface area contributed by atoms with Crippen LogP contribution in [0.1, 0.15) is 28.8 Å². The normalized spacial score (nSPS) is 13.7. The fourth-order valence-corrected chi connectivity index (χ4v) is 5.62. The minimum atomic E-state index is -0.707. The number of aromatic nitrogens is 2. The lowest BCUT2D eigenvalue weighted by atomic mass is 9.77. The zero-order chi connectivity index (χ0) is 25.1. The van der Waals surface area contributed by atoms with Gasteiger partial charge < -0.3 is 4.74 Å². The van der Waals surface area contributed by atoms with Gasteiger partial charge in [0.25, 0.3) is 0 Å². The largest absolute Gasteiger partial charge is 0.465 e. The van der Waals surface area contributed by atoms with Gasteiger partial charge in [0.1, 0.15) is 11.2 Å². The molecule has 0 spiro atoms. The second-order valence-electron chi connectivity index (χ2n) is 8.42. The minimum absolute atomic E-state index is 0.413. The highest BCUT2D eigenvalue weighted by Crippen LogP contribution is 2.41. The molecule has 0 amide bonds. The van der Waals surface area contributed by atoms with Crippen molar-refractivity contribution in [3.63, 3.8) is 0 Å². The fourth-order valence-electron chi connectivity index (χ4n) is 4.71. The van der Waals surface area contributed by atoms with Crippen molar-refractivity contribution in [2.75, 3.05) is 7.11 Å². The van der Waals surface area contributed by atoms with Crippen LogP contribution in [0.2, 0.25) is 0 Å². The number of nitrogens with zero attached hydrogens (tertiary/aromatic N) is 2. The van der Waals surface area contributed by atoms with E-state index < -0.39 is 11.5 Å². The van der Waals surface area contributed by atoms with E-state index in [1.807, 2.05) is 29.0 Å². The van der Waals surface area contributed by atoms with E-state index in [-0.39, 0.29) is 0 Å². The van der Waals surface area contributed by atoms with Crippen molar-refractivity contribution in [3.05, 3.63) is 141 Å². The SMILES string of the molecule is COC(=O)C1=CC(c2nn(C(c3ccccc3)(c3ccccc3)c3ccccc3)cc2I)=CCC1=S. The Labute approximate surface area is 229 Å². The predicted molar refractivity (Wildman–Crippen MR) is 155 cm³/mol. The quantitative estimate of drug-likeness (QED) is 0.108. The summed E-state index contributed by atoms with van der Waals surface area (Å²) >= 11 is 7.74. The summed E-state index contributed by atoms with van der Waals surface area (Å²) in [7, 11) is 1.37. The van der Waals surface area contributed by atoms with E-state index in [2.05, 4.69) is 102 Å². The first-order valence-corrected chi connectivity index (χ1v) is 13.0. The third-order valence-corrected chi connectivity index (χ3v) is 7.55. The maximum absolute atomic E-state index is 12.3. The molecule has 0 N–H and O–H groups in total. The highest BCUT2D eigenvalue weighted by atomic mass is 127. The minimum Gasteiger partial charge on any atom is -0.465 e. The summed E-state index contributed by atoms with van der Waals surface area (Å²) in [5.74, 6) is -0.424. The number of hydrogen-bond acceptors (Lipinski definition) is 4. The van der Waals surface area contributed by atoms with Gasteiger partial charge in [-0.25, -0.2) is 4.79 Å². The smallest absolute Gasteiger partial charge is 0.339 e. The number of benzene rings is 3. The van der Waals surface area contributed by atoms with Crippen LogP contribution in [0.4, 0.5) is 0 Å². The van der Waals surface area contributed by atoms with Crippen LogP contribution in [0.5, 0.6) is 0 Å². The van der Waals surface area contributed by atoms with Crippen molar-refractivity contribution in [2.24, 2.45) is 0 Å². The molecule has 1 heterocycles. The molecule has 0 radical (unpaired) electrons. The Balaban J connectivity index is 1.77. The molecule has 1 aliphatic rings. The predicted octanol–water partition coefficient (Wildman–Crippen LogP) is 6.58. The number of halogens is 1. The molecule has 5 rings (SSSR count). The molecule has 0 atom stereocenters. The standard InChI is InChI=1S/C30H23IN2O2S/c1-35-29(34)25-19-21(17-18-27(25)36)28-26(31)20-33(32-28)30(22-11-5-2-6-12-22,23-13-7-3-8-14-23)24-15-9-4-10-16-24/h2-17,19-20H,18H2,1H3. The van der Waals surface area contributed by atoms with E-state index in [0.29, 0.717) is 16.9 Å². The number of esters is 1. The molecular formula is C30H23IN2O2S. The molecule has 0 saturated carbocycles. The average Bonchev–Trinajstić information content (AvgIpc) is 3.32. The third-order valence-electron chi connectivity index (χ3n) is 6.37. The zero-order valence-corrected chi connectivity index (χ0v) is 22.6. The number of hydrogen-bond donors (Lipinski definition) is 0. The average molecular weight is 602 g/mol. The van der Waals surface area contributed by atoms with E-state index in [0.717, 1.165) is 31.5 Å². The molecule has 6 heteroatoms. The van der Waals surface area contributed by atoms with Crippen LogP contribution in [-0.2, 0) is 15.1 Å². The maximum atomic E-state index is 12.3. The summed E-state index contributed by atoms with van der Waals surface area (Å²) in [6, 6.07) is 31.3. The highest BCUT2D eigenvalue weighted by Gasteiger charge is 2.40. The van der Waals surface area contributed by atoms with Crippen LogP contribution in [0, 0.1) is 3.57 Å². The molecule has 178 valence electrons. The first-order valence-electron chi connectivity index (χ1n) is 11.5. The van der Waals surface area contributed by atoms with Crippen molar-refractivity contribution < 1.29 is 9.53 Å². The van der Waals surface area contributed by atoms with Crippen LogP contribution in [-0.4, -0.2) is 27.7 Å². The second-order valence-corrected chi connectivity index (χ2v) is 10.1. The van der Waals surface area contributed by atoms with E-state index in [1.165, 1.54) is 7.11 Å². The van der Waals surface area contributed by atoms with E-state index in [1.54, 1.807) is 6.08 Å². The van der Waals surface area contributed by atoms with Crippen molar-refractivity contribution >= 4 is 51.2 Å². The van der Waals surface area contributed by atoms with Crippen LogP contribution in [0.15, 0.2) is 115 Å². The molecule has 0 fully saturated rings. The molecule has 1 aromatic heterocycles. The van der Waals surface area contributed by atoms with Gasteiger partial charge in [-0.15, -0.1) is 0 Å². The van der Waals surface area contributed by atoms with Gasteiger partial charge in [0, 0.05) is 23.1 Å². The monoisotopic (exact) mass is 602 g/mol. The number of ether oxygens (including phenoxy) is 1. The zero-order valence-electron chi connectivity index (χ0n) is 19.6. The van der Waals surface area contributed by atoms with Crippen molar-refractivity contribution in [3.8, 4) is 0 Å². The van der Waals surface area contributed by atoms with Gasteiger partial charge in [0.2, 0.25) is 0 Å². The van der Waals surface area contributed by atoms with Crippen molar-refractivity contribution in [1.82, 2.24) is 9.78 Å². The molecule has 36 heavy (non-hydrogen) atoms. The molecular weight excluding hydrogens is 579 g/mol. The van der Waals surface area contributed by atoms with Gasteiger partial charge >= 0.3 is 5.97 Å². The van der Waals surface area contributed by atoms with Crippen LogP contribution in [0.25, 0.3) is 5.57 Å². The molecule has 4 nitrogen and oxygen atoms in total. The van der Waals surface area contributed by atoms with Crippen LogP contribution >= 0.6 is 34.8 Å². The number of carbonyl (C=O) groups excluding carboxylic acids is 1. The number of carbonyl (C=O) groups is 1. The van der Waals surface area contributed by atoms with Gasteiger partial charge in [-0.2, -0.15) is 5.10 Å². The summed E-state index contributed by atoms with van der Waals surface area (Å²) in [5, 5.41) is 5.18. The Morgan fingerprint density at radius 1 is 0.917 bits per heavy atom. The Hall–Kier alpha value is -3.36. The van der Waals surface area contributed by atoms with Crippen molar-refractivity contribution in [1.29, 1.82) is 0 Å². The van der Waals surface area contributed by atoms with Gasteiger partial charge in [-0.1, -0.05) is 109 Å². The van der Waals surface area contributed by atoms with Gasteiger partial charge in [0.05, 0.1) is 16.3 Å². The summed E-state index contributed by atoms with van der Waals surface area (Å²) in [5.41, 5.74) is 4.64. The lowest BCUT2D eigenvalue weighted by molar-refractivity contribution is -0.135. The second kappa shape index (κ2) is 10.3. The van der Waals surface area contributed by atoms with Crippen LogP contribution < -0.4 is 0 Å². The summed E-state index contributed by atoms with van der Waals surface area (Å²) in [4.78, 5) is 12.9. The molecule has 1 aliphatic carbocycles. The Bertz CT molecular complexity index is 1380. The Morgan fingerprint density at radius 2 is 1.42 bits per heavy atom. The molecule has 4 aromatic rings. The number of methoxy groups -OCH3 is 1. The summed E-state index contributed by atoms with van der Waals surface area (Å²) in [6.45, 7) is 0. The number of rotatable bonds is 6. The molecule has 0 saturated heterocycles. The summed E-state index contributed by atoms with van der Waals surface area (Å²) < 4.78 is 7.97. The summed E-state index contributed by atoms with van der Waals surface area (Å²) in [6.07, 6.45) is 6.39. The van der Waals surface area contributed by atoms with E-state index >= 15 is 0 Å². The Kier molecular flexibility index (Phi) is 6.98. The number of allylic oxidation sites excluding steroid dienone is 3. The van der Waals surface area contributed by atoms with E-state index in [9.17, 15) is 4.79 Å². The molecule has 3 aromatic carbocycles.